The summed E-state index contributed by atoms with van der Waals surface area (Å²) in [5, 5.41) is 20.3. The van der Waals surface area contributed by atoms with Crippen molar-refractivity contribution in [2.45, 2.75) is 24.5 Å². The van der Waals surface area contributed by atoms with E-state index in [1.54, 1.807) is 52.9 Å². The number of benzene rings is 1. The molecule has 3 rings (SSSR count). The van der Waals surface area contributed by atoms with E-state index in [9.17, 15) is 24.6 Å². The summed E-state index contributed by atoms with van der Waals surface area (Å²) in [7, 11) is 0. The van der Waals surface area contributed by atoms with Crippen LogP contribution in [0.15, 0.2) is 46.1 Å². The summed E-state index contributed by atoms with van der Waals surface area (Å²) >= 11 is 1.73. The topological polar surface area (TPSA) is 131 Å². The van der Waals surface area contributed by atoms with Gasteiger partial charge in [0.15, 0.2) is 6.23 Å². The van der Waals surface area contributed by atoms with Crippen molar-refractivity contribution in [2.75, 3.05) is 6.61 Å². The summed E-state index contributed by atoms with van der Waals surface area (Å²) in [6, 6.07) is 8.27. The number of carbonyl (C=O) groups excluding carboxylic acids is 1. The first kappa shape index (κ1) is 18.8. The summed E-state index contributed by atoms with van der Waals surface area (Å²) < 4.78 is 11.8. The molecule has 4 unspecified atom stereocenters. The lowest BCUT2D eigenvalue weighted by Gasteiger charge is -2.17. The smallest absolute Gasteiger partial charge is 0.338 e. The molecule has 1 aliphatic rings. The van der Waals surface area contributed by atoms with Crippen molar-refractivity contribution < 1.29 is 24.5 Å². The predicted octanol–water partition coefficient (Wildman–Crippen LogP) is -0.383. The largest absolute Gasteiger partial charge is 0.459 e. The number of aromatic nitrogens is 2. The molecule has 0 saturated carbocycles. The van der Waals surface area contributed by atoms with Crippen molar-refractivity contribution in [3.63, 3.8) is 0 Å². The number of H-pyrrole nitrogens is 1. The van der Waals surface area contributed by atoms with E-state index < -0.39 is 41.8 Å². The molecule has 4 atom stereocenters. The van der Waals surface area contributed by atoms with Gasteiger partial charge in [-0.2, -0.15) is 0 Å². The normalized spacial score (nSPS) is 25.2. The standard InChI is InChI=1S/C16H15IN2O7/c17-9-6-19(16(24)18-13(9)22)14-12(21)11(20)10(26-14)7-25-15(23)8-4-2-1-3-5-8/h1-6,10-12,14,20-21H,7H2,(H,18,22,24). The molecule has 1 aromatic heterocycles. The van der Waals surface area contributed by atoms with Gasteiger partial charge in [-0.3, -0.25) is 14.3 Å². The van der Waals surface area contributed by atoms with E-state index in [0.717, 1.165) is 4.57 Å². The van der Waals surface area contributed by atoms with Crippen molar-refractivity contribution in [1.29, 1.82) is 0 Å². The molecule has 0 amide bonds. The molecule has 0 spiro atoms. The van der Waals surface area contributed by atoms with Gasteiger partial charge in [0, 0.05) is 6.20 Å². The van der Waals surface area contributed by atoms with Crippen LogP contribution in [-0.2, 0) is 9.47 Å². The van der Waals surface area contributed by atoms with Gasteiger partial charge in [0.1, 0.15) is 24.9 Å². The lowest BCUT2D eigenvalue weighted by atomic mass is 10.1. The van der Waals surface area contributed by atoms with Crippen LogP contribution in [0.4, 0.5) is 0 Å². The number of ether oxygens (including phenoxy) is 2. The number of esters is 1. The lowest BCUT2D eigenvalue weighted by Crippen LogP contribution is -2.38. The van der Waals surface area contributed by atoms with E-state index in [4.69, 9.17) is 9.47 Å². The van der Waals surface area contributed by atoms with Crippen molar-refractivity contribution in [2.24, 2.45) is 0 Å². The summed E-state index contributed by atoms with van der Waals surface area (Å²) in [6.45, 7) is -0.308. The molecular formula is C16H15IN2O7. The molecule has 1 aliphatic heterocycles. The Bertz CT molecular complexity index is 911. The summed E-state index contributed by atoms with van der Waals surface area (Å²) in [5.74, 6) is -0.602. The number of hydrogen-bond acceptors (Lipinski definition) is 7. The number of aliphatic hydroxyl groups excluding tert-OH is 2. The highest BCUT2D eigenvalue weighted by molar-refractivity contribution is 14.1. The van der Waals surface area contributed by atoms with Gasteiger partial charge < -0.3 is 19.7 Å². The third-order valence-corrected chi connectivity index (χ3v) is 4.69. The zero-order valence-electron chi connectivity index (χ0n) is 13.2. The van der Waals surface area contributed by atoms with Crippen LogP contribution in [0.5, 0.6) is 0 Å². The Morgan fingerprint density at radius 2 is 1.92 bits per heavy atom. The second-order valence-electron chi connectivity index (χ2n) is 5.65. The number of nitrogens with one attached hydrogen (secondary N) is 1. The third kappa shape index (κ3) is 3.72. The third-order valence-electron chi connectivity index (χ3n) is 3.92. The van der Waals surface area contributed by atoms with Gasteiger partial charge in [-0.05, 0) is 34.7 Å². The molecule has 1 fully saturated rings. The Kier molecular flexibility index (Phi) is 5.55. The number of aliphatic hydroxyl groups is 2. The van der Waals surface area contributed by atoms with Crippen LogP contribution in [0.1, 0.15) is 16.6 Å². The molecule has 10 heteroatoms. The van der Waals surface area contributed by atoms with Crippen molar-refractivity contribution in [3.8, 4) is 0 Å². The molecule has 1 aromatic carbocycles. The molecule has 0 bridgehead atoms. The molecule has 2 heterocycles. The van der Waals surface area contributed by atoms with Gasteiger partial charge in [0.2, 0.25) is 0 Å². The maximum Gasteiger partial charge on any atom is 0.338 e. The summed E-state index contributed by atoms with van der Waals surface area (Å²) in [6.07, 6.45) is -3.84. The fraction of sp³-hybridized carbons (Fsp3) is 0.312. The molecule has 0 aliphatic carbocycles. The van der Waals surface area contributed by atoms with Crippen LogP contribution in [-0.4, -0.2) is 50.7 Å². The minimum absolute atomic E-state index is 0.214. The van der Waals surface area contributed by atoms with Gasteiger partial charge in [0.25, 0.3) is 5.56 Å². The quantitative estimate of drug-likeness (QED) is 0.407. The Balaban J connectivity index is 1.72. The van der Waals surface area contributed by atoms with E-state index in [-0.39, 0.29) is 10.2 Å². The van der Waals surface area contributed by atoms with Gasteiger partial charge in [0.05, 0.1) is 9.13 Å². The highest BCUT2D eigenvalue weighted by Gasteiger charge is 2.44. The fourth-order valence-corrected chi connectivity index (χ4v) is 3.00. The number of hydrogen-bond donors (Lipinski definition) is 3. The SMILES string of the molecule is O=C(OCC1OC(n2cc(I)c(=O)[nH]c2=O)C(O)C1O)c1ccccc1. The fourth-order valence-electron chi connectivity index (χ4n) is 2.56. The number of nitrogens with zero attached hydrogens (tertiary/aromatic N) is 1. The second kappa shape index (κ2) is 7.70. The zero-order valence-corrected chi connectivity index (χ0v) is 15.4. The Morgan fingerprint density at radius 3 is 2.62 bits per heavy atom. The first-order valence-electron chi connectivity index (χ1n) is 7.63. The van der Waals surface area contributed by atoms with Crippen LogP contribution in [0.2, 0.25) is 0 Å². The predicted molar refractivity (Wildman–Crippen MR) is 96.7 cm³/mol. The maximum absolute atomic E-state index is 12.0. The minimum Gasteiger partial charge on any atom is -0.459 e. The molecule has 138 valence electrons. The molecule has 1 saturated heterocycles. The minimum atomic E-state index is -1.44. The van der Waals surface area contributed by atoms with E-state index in [0.29, 0.717) is 5.56 Å². The molecule has 2 aromatic rings. The van der Waals surface area contributed by atoms with Gasteiger partial charge >= 0.3 is 11.7 Å². The molecule has 0 radical (unpaired) electrons. The van der Waals surface area contributed by atoms with Crippen LogP contribution in [0, 0.1) is 3.57 Å². The first-order valence-corrected chi connectivity index (χ1v) is 8.71. The van der Waals surface area contributed by atoms with Crippen LogP contribution >= 0.6 is 22.6 Å². The van der Waals surface area contributed by atoms with Crippen LogP contribution < -0.4 is 11.2 Å². The number of aromatic amines is 1. The first-order chi connectivity index (χ1) is 12.4. The summed E-state index contributed by atoms with van der Waals surface area (Å²) in [5.41, 5.74) is -1.01. The summed E-state index contributed by atoms with van der Waals surface area (Å²) in [4.78, 5) is 37.4. The van der Waals surface area contributed by atoms with Gasteiger partial charge in [-0.25, -0.2) is 9.59 Å². The monoisotopic (exact) mass is 474 g/mol. The van der Waals surface area contributed by atoms with E-state index in [1.807, 2.05) is 0 Å². The Hall–Kier alpha value is -2.02. The van der Waals surface area contributed by atoms with Crippen molar-refractivity contribution in [1.82, 2.24) is 9.55 Å². The van der Waals surface area contributed by atoms with E-state index in [2.05, 4.69) is 4.98 Å². The number of halogens is 1. The Morgan fingerprint density at radius 1 is 1.23 bits per heavy atom. The zero-order chi connectivity index (χ0) is 18.8. The van der Waals surface area contributed by atoms with E-state index >= 15 is 0 Å². The van der Waals surface area contributed by atoms with Gasteiger partial charge in [-0.1, -0.05) is 18.2 Å². The highest BCUT2D eigenvalue weighted by Crippen LogP contribution is 2.28. The molecule has 3 N–H and O–H groups in total. The van der Waals surface area contributed by atoms with Gasteiger partial charge in [-0.15, -0.1) is 0 Å². The number of carbonyl (C=O) groups is 1. The highest BCUT2D eigenvalue weighted by atomic mass is 127. The van der Waals surface area contributed by atoms with E-state index in [1.165, 1.54) is 6.20 Å². The molecular weight excluding hydrogens is 459 g/mol. The van der Waals surface area contributed by atoms with Crippen molar-refractivity contribution >= 4 is 28.6 Å². The van der Waals surface area contributed by atoms with Crippen molar-refractivity contribution in [3.05, 3.63) is 66.5 Å². The molecule has 26 heavy (non-hydrogen) atoms. The van der Waals surface area contributed by atoms with Crippen LogP contribution in [0.3, 0.4) is 0 Å². The average molecular weight is 474 g/mol. The number of rotatable bonds is 4. The molecule has 9 nitrogen and oxygen atoms in total. The van der Waals surface area contributed by atoms with Crippen LogP contribution in [0.25, 0.3) is 0 Å². The average Bonchev–Trinajstić information content (AvgIpc) is 2.91. The maximum atomic E-state index is 12.0. The lowest BCUT2D eigenvalue weighted by molar-refractivity contribution is -0.0599. The Labute approximate surface area is 160 Å². The second-order valence-corrected chi connectivity index (χ2v) is 6.82.